The van der Waals surface area contributed by atoms with Gasteiger partial charge in [-0.05, 0) is 6.42 Å². The highest BCUT2D eigenvalue weighted by atomic mass is 16.1. The van der Waals surface area contributed by atoms with Gasteiger partial charge in [0.1, 0.15) is 0 Å². The number of nitrogens with zero attached hydrogens (tertiary/aromatic N) is 2. The average Bonchev–Trinajstić information content (AvgIpc) is 2.04. The standard InChI is InChI=1S/C8H12N2O/c1-2-3-5-10-6-4-8(11)9-7-10/h4,6-7H,2-3,5H2,1H3. The Labute approximate surface area is 65.7 Å². The van der Waals surface area contributed by atoms with Gasteiger partial charge in [-0.15, -0.1) is 0 Å². The Hall–Kier alpha value is -1.12. The fourth-order valence-corrected chi connectivity index (χ4v) is 0.845. The molecule has 3 nitrogen and oxygen atoms in total. The summed E-state index contributed by atoms with van der Waals surface area (Å²) in [4.78, 5) is 14.2. The molecule has 1 aromatic rings. The number of rotatable bonds is 3. The highest BCUT2D eigenvalue weighted by Crippen LogP contribution is 1.91. The normalized spacial score (nSPS) is 9.91. The van der Waals surface area contributed by atoms with Crippen LogP contribution in [0, 0.1) is 0 Å². The molecule has 1 aromatic heterocycles. The van der Waals surface area contributed by atoms with Crippen LogP contribution in [0.1, 0.15) is 19.8 Å². The van der Waals surface area contributed by atoms with Crippen LogP contribution < -0.4 is 5.56 Å². The maximum absolute atomic E-state index is 10.6. The molecule has 1 rings (SSSR count). The van der Waals surface area contributed by atoms with Crippen LogP contribution in [0.4, 0.5) is 0 Å². The van der Waals surface area contributed by atoms with Crippen molar-refractivity contribution in [2.24, 2.45) is 0 Å². The van der Waals surface area contributed by atoms with E-state index in [9.17, 15) is 4.79 Å². The van der Waals surface area contributed by atoms with Gasteiger partial charge in [-0.1, -0.05) is 13.3 Å². The van der Waals surface area contributed by atoms with Gasteiger partial charge >= 0.3 is 0 Å². The lowest BCUT2D eigenvalue weighted by atomic mass is 10.3. The minimum atomic E-state index is -0.169. The molecule has 0 aliphatic rings. The van der Waals surface area contributed by atoms with E-state index in [0.717, 1.165) is 19.4 Å². The second kappa shape index (κ2) is 3.91. The third-order valence-corrected chi connectivity index (χ3v) is 1.51. The zero-order valence-corrected chi connectivity index (χ0v) is 6.66. The van der Waals surface area contributed by atoms with E-state index in [2.05, 4.69) is 11.9 Å². The van der Waals surface area contributed by atoms with E-state index in [1.807, 2.05) is 4.57 Å². The monoisotopic (exact) mass is 152 g/mol. The van der Waals surface area contributed by atoms with Crippen LogP contribution >= 0.6 is 0 Å². The maximum Gasteiger partial charge on any atom is 0.272 e. The van der Waals surface area contributed by atoms with Gasteiger partial charge in [-0.3, -0.25) is 4.79 Å². The molecule has 0 atom stereocenters. The fourth-order valence-electron chi connectivity index (χ4n) is 0.845. The fraction of sp³-hybridized carbons (Fsp3) is 0.500. The van der Waals surface area contributed by atoms with Crippen molar-refractivity contribution in [3.05, 3.63) is 28.9 Å². The first kappa shape index (κ1) is 7.98. The zero-order chi connectivity index (χ0) is 8.10. The summed E-state index contributed by atoms with van der Waals surface area (Å²) in [5.74, 6) is 0. The van der Waals surface area contributed by atoms with Gasteiger partial charge in [0.25, 0.3) is 5.56 Å². The molecule has 0 N–H and O–H groups in total. The molecule has 0 saturated heterocycles. The van der Waals surface area contributed by atoms with Crippen molar-refractivity contribution >= 4 is 0 Å². The number of aryl methyl sites for hydroxylation is 1. The van der Waals surface area contributed by atoms with Crippen molar-refractivity contribution in [1.29, 1.82) is 0 Å². The van der Waals surface area contributed by atoms with E-state index in [0.29, 0.717) is 0 Å². The quantitative estimate of drug-likeness (QED) is 0.648. The lowest BCUT2D eigenvalue weighted by molar-refractivity contribution is 0.617. The first-order chi connectivity index (χ1) is 5.33. The van der Waals surface area contributed by atoms with E-state index in [4.69, 9.17) is 0 Å². The zero-order valence-electron chi connectivity index (χ0n) is 6.66. The Balaban J connectivity index is 2.59. The second-order valence-electron chi connectivity index (χ2n) is 2.49. The third-order valence-electron chi connectivity index (χ3n) is 1.51. The molecule has 0 bridgehead atoms. The summed E-state index contributed by atoms with van der Waals surface area (Å²) in [5.41, 5.74) is -0.169. The maximum atomic E-state index is 10.6. The molecule has 60 valence electrons. The van der Waals surface area contributed by atoms with Crippen LogP contribution in [0.3, 0.4) is 0 Å². The van der Waals surface area contributed by atoms with Gasteiger partial charge in [0.05, 0.1) is 6.33 Å². The van der Waals surface area contributed by atoms with Crippen LogP contribution in [-0.4, -0.2) is 9.55 Å². The molecule has 11 heavy (non-hydrogen) atoms. The van der Waals surface area contributed by atoms with E-state index in [1.54, 1.807) is 12.5 Å². The van der Waals surface area contributed by atoms with Crippen molar-refractivity contribution in [1.82, 2.24) is 9.55 Å². The van der Waals surface area contributed by atoms with Crippen molar-refractivity contribution in [2.75, 3.05) is 0 Å². The summed E-state index contributed by atoms with van der Waals surface area (Å²) in [7, 11) is 0. The van der Waals surface area contributed by atoms with Gasteiger partial charge in [0.2, 0.25) is 0 Å². The lowest BCUT2D eigenvalue weighted by Crippen LogP contribution is -2.08. The van der Waals surface area contributed by atoms with Crippen LogP contribution in [0.2, 0.25) is 0 Å². The Morgan fingerprint density at radius 3 is 3.00 bits per heavy atom. The summed E-state index contributed by atoms with van der Waals surface area (Å²) < 4.78 is 1.92. The van der Waals surface area contributed by atoms with E-state index < -0.39 is 0 Å². The Morgan fingerprint density at radius 2 is 2.45 bits per heavy atom. The van der Waals surface area contributed by atoms with Crippen LogP contribution in [-0.2, 0) is 6.54 Å². The minimum Gasteiger partial charge on any atom is -0.339 e. The van der Waals surface area contributed by atoms with E-state index >= 15 is 0 Å². The van der Waals surface area contributed by atoms with Crippen molar-refractivity contribution in [3.8, 4) is 0 Å². The summed E-state index contributed by atoms with van der Waals surface area (Å²) >= 11 is 0. The topological polar surface area (TPSA) is 34.9 Å². The number of hydrogen-bond donors (Lipinski definition) is 0. The average molecular weight is 152 g/mol. The van der Waals surface area contributed by atoms with Crippen LogP contribution in [0.25, 0.3) is 0 Å². The van der Waals surface area contributed by atoms with Gasteiger partial charge in [0, 0.05) is 18.8 Å². The van der Waals surface area contributed by atoms with Crippen LogP contribution in [0.5, 0.6) is 0 Å². The molecule has 0 spiro atoms. The third kappa shape index (κ3) is 2.53. The number of hydrogen-bond acceptors (Lipinski definition) is 2. The first-order valence-electron chi connectivity index (χ1n) is 3.85. The van der Waals surface area contributed by atoms with Crippen molar-refractivity contribution in [3.63, 3.8) is 0 Å². The van der Waals surface area contributed by atoms with E-state index in [1.165, 1.54) is 6.07 Å². The summed E-state index contributed by atoms with van der Waals surface area (Å²) in [6, 6.07) is 1.48. The molecule has 0 saturated carbocycles. The van der Waals surface area contributed by atoms with Gasteiger partial charge in [-0.2, -0.15) is 4.98 Å². The molecule has 3 heteroatoms. The van der Waals surface area contributed by atoms with E-state index in [-0.39, 0.29) is 5.56 Å². The molecule has 0 aliphatic carbocycles. The molecule has 0 radical (unpaired) electrons. The smallest absolute Gasteiger partial charge is 0.272 e. The first-order valence-corrected chi connectivity index (χ1v) is 3.85. The van der Waals surface area contributed by atoms with Gasteiger partial charge < -0.3 is 4.57 Å². The van der Waals surface area contributed by atoms with Crippen molar-refractivity contribution in [2.45, 2.75) is 26.3 Å². The molecule has 1 heterocycles. The predicted molar refractivity (Wildman–Crippen MR) is 43.4 cm³/mol. The summed E-state index contributed by atoms with van der Waals surface area (Å²) in [6.45, 7) is 3.08. The molecule has 0 aliphatic heterocycles. The molecular weight excluding hydrogens is 140 g/mol. The SMILES string of the molecule is CCCCn1ccc(=O)nc1. The Kier molecular flexibility index (Phi) is 2.83. The summed E-state index contributed by atoms with van der Waals surface area (Å²) in [5, 5.41) is 0. The van der Waals surface area contributed by atoms with Crippen LogP contribution in [0.15, 0.2) is 23.4 Å². The Bertz CT molecular complexity index is 247. The number of aromatic nitrogens is 2. The minimum absolute atomic E-state index is 0.169. The van der Waals surface area contributed by atoms with Gasteiger partial charge in [0.15, 0.2) is 0 Å². The molecular formula is C8H12N2O. The molecule has 0 fully saturated rings. The molecule has 0 aromatic carbocycles. The van der Waals surface area contributed by atoms with Crippen molar-refractivity contribution < 1.29 is 0 Å². The highest BCUT2D eigenvalue weighted by molar-refractivity contribution is 4.81. The second-order valence-corrected chi connectivity index (χ2v) is 2.49. The molecule has 0 amide bonds. The Morgan fingerprint density at radius 1 is 1.64 bits per heavy atom. The highest BCUT2D eigenvalue weighted by Gasteiger charge is 1.87. The predicted octanol–water partition coefficient (Wildman–Crippen LogP) is 1.04. The molecule has 0 unspecified atom stereocenters. The lowest BCUT2D eigenvalue weighted by Gasteiger charge is -2.01. The van der Waals surface area contributed by atoms with Gasteiger partial charge in [-0.25, -0.2) is 0 Å². The number of unbranched alkanes of at least 4 members (excludes halogenated alkanes) is 1. The largest absolute Gasteiger partial charge is 0.339 e. The summed E-state index contributed by atoms with van der Waals surface area (Å²) in [6.07, 6.45) is 5.64.